The first kappa shape index (κ1) is 12.8. The molecule has 66 valence electrons. The fourth-order valence-corrected chi connectivity index (χ4v) is 1.04. The van der Waals surface area contributed by atoms with Crippen LogP contribution in [0, 0.1) is 0 Å². The predicted molar refractivity (Wildman–Crippen MR) is 44.3 cm³/mol. The van der Waals surface area contributed by atoms with Crippen LogP contribution in [0.15, 0.2) is 24.3 Å². The number of rotatable bonds is 3. The van der Waals surface area contributed by atoms with Crippen LogP contribution in [0.25, 0.3) is 0 Å². The van der Waals surface area contributed by atoms with Gasteiger partial charge in [-0.2, -0.15) is 4.21 Å². The van der Waals surface area contributed by atoms with Crippen molar-refractivity contribution < 1.29 is 48.7 Å². The second-order valence-electron chi connectivity index (χ2n) is 1.96. The summed E-state index contributed by atoms with van der Waals surface area (Å²) >= 11 is -2.39. The van der Waals surface area contributed by atoms with E-state index < -0.39 is 11.4 Å². The van der Waals surface area contributed by atoms with Crippen molar-refractivity contribution in [2.24, 2.45) is 0 Å². The molecular weight excluding hydrogens is 203 g/mol. The zero-order valence-electron chi connectivity index (χ0n) is 7.97. The van der Waals surface area contributed by atoms with Crippen molar-refractivity contribution in [3.63, 3.8) is 0 Å². The molecule has 0 aromatic heterocycles. The van der Waals surface area contributed by atoms with Crippen molar-refractivity contribution in [3.8, 4) is 5.75 Å². The molecule has 0 heterocycles. The van der Waals surface area contributed by atoms with Crippen molar-refractivity contribution in [3.05, 3.63) is 29.8 Å². The molecule has 0 fully saturated rings. The van der Waals surface area contributed by atoms with E-state index in [2.05, 4.69) is 4.18 Å². The van der Waals surface area contributed by atoms with Gasteiger partial charge in [0.25, 0.3) is 0 Å². The third kappa shape index (κ3) is 4.02. The minimum absolute atomic E-state index is 0. The summed E-state index contributed by atoms with van der Waals surface area (Å²) in [5.74, 6) is 0.105. The second kappa shape index (κ2) is 6.28. The summed E-state index contributed by atoms with van der Waals surface area (Å²) in [5, 5.41) is 0. The Morgan fingerprint density at radius 2 is 2.08 bits per heavy atom. The number of hydrogen-bond donors (Lipinski definition) is 1. The average Bonchev–Trinajstić information content (AvgIpc) is 2.04. The molecule has 0 bridgehead atoms. The number of carbonyl (C=O) groups is 1. The van der Waals surface area contributed by atoms with Crippen molar-refractivity contribution in [2.75, 3.05) is 0 Å². The van der Waals surface area contributed by atoms with E-state index in [0.717, 1.165) is 0 Å². The van der Waals surface area contributed by atoms with Crippen LogP contribution in [0.1, 0.15) is 11.8 Å². The molecule has 0 radical (unpaired) electrons. The molecule has 0 aliphatic heterocycles. The zero-order valence-corrected chi connectivity index (χ0v) is 9.78. The number of carbonyl (C=O) groups excluding carboxylic acids is 1. The molecule has 4 nitrogen and oxygen atoms in total. The van der Waals surface area contributed by atoms with Crippen molar-refractivity contribution in [1.82, 2.24) is 0 Å². The second-order valence-corrected chi connectivity index (χ2v) is 2.56. The van der Waals surface area contributed by atoms with Gasteiger partial charge in [0, 0.05) is 0 Å². The van der Waals surface area contributed by atoms with Crippen molar-refractivity contribution in [2.45, 2.75) is 0 Å². The third-order valence-corrected chi connectivity index (χ3v) is 1.53. The Morgan fingerprint density at radius 3 is 2.62 bits per heavy atom. The van der Waals surface area contributed by atoms with Crippen LogP contribution < -0.4 is 33.7 Å². The van der Waals surface area contributed by atoms with Gasteiger partial charge in [0.05, 0.1) is 5.56 Å². The van der Waals surface area contributed by atoms with E-state index in [1.54, 1.807) is 12.1 Å². The predicted octanol–water partition coefficient (Wildman–Crippen LogP) is -1.87. The number of para-hydroxylation sites is 1. The van der Waals surface area contributed by atoms with Crippen molar-refractivity contribution in [1.29, 1.82) is 0 Å². The van der Waals surface area contributed by atoms with E-state index in [4.69, 9.17) is 4.55 Å². The maximum absolute atomic E-state index is 10.3. The van der Waals surface area contributed by atoms with E-state index in [1.165, 1.54) is 12.1 Å². The first-order valence-corrected chi connectivity index (χ1v) is 4.10. The van der Waals surface area contributed by atoms with Crippen LogP contribution >= 0.6 is 0 Å². The van der Waals surface area contributed by atoms with E-state index in [1.807, 2.05) is 0 Å². The summed E-state index contributed by atoms with van der Waals surface area (Å²) in [6.45, 7) is 0. The standard InChI is InChI=1S/C7H6O4S.Na.H/c8-5-6-3-1-2-4-7(6)11-12(9)10;;/h1-5H,(H,9,10);;/q;+1;-1. The summed E-state index contributed by atoms with van der Waals surface area (Å²) in [6, 6.07) is 6.18. The molecule has 1 unspecified atom stereocenters. The molecule has 0 spiro atoms. The van der Waals surface area contributed by atoms with Gasteiger partial charge < -0.3 is 5.61 Å². The molecule has 1 aromatic rings. The molecule has 1 rings (SSSR count). The van der Waals surface area contributed by atoms with E-state index in [-0.39, 0.29) is 42.3 Å². The third-order valence-electron chi connectivity index (χ3n) is 1.21. The maximum Gasteiger partial charge on any atom is 1.00 e. The first-order chi connectivity index (χ1) is 5.74. The molecule has 1 atom stereocenters. The Balaban J connectivity index is 0. The van der Waals surface area contributed by atoms with Gasteiger partial charge in [-0.1, -0.05) is 12.1 Å². The fourth-order valence-electron chi connectivity index (χ4n) is 0.731. The van der Waals surface area contributed by atoms with E-state index in [0.29, 0.717) is 6.29 Å². The monoisotopic (exact) mass is 210 g/mol. The summed E-state index contributed by atoms with van der Waals surface area (Å²) in [6.07, 6.45) is 0.558. The molecule has 1 aromatic carbocycles. The normalized spacial score (nSPS) is 11.2. The Kier molecular flexibility index (Phi) is 6.19. The number of benzene rings is 1. The summed E-state index contributed by atoms with van der Waals surface area (Å²) in [5.41, 5.74) is 0.250. The SMILES string of the molecule is O=Cc1ccccc1OS(=O)O.[H-].[Na+]. The Morgan fingerprint density at radius 1 is 1.46 bits per heavy atom. The maximum atomic E-state index is 10.3. The molecule has 13 heavy (non-hydrogen) atoms. The molecule has 0 saturated carbocycles. The van der Waals surface area contributed by atoms with Crippen LogP contribution in [0.5, 0.6) is 5.75 Å². The summed E-state index contributed by atoms with van der Waals surface area (Å²) in [7, 11) is 0. The van der Waals surface area contributed by atoms with Gasteiger partial charge in [0.2, 0.25) is 0 Å². The smallest absolute Gasteiger partial charge is 1.00 e. The van der Waals surface area contributed by atoms with Gasteiger partial charge in [-0.15, -0.1) is 0 Å². The molecule has 6 heteroatoms. The largest absolute Gasteiger partial charge is 1.00 e. The van der Waals surface area contributed by atoms with Crippen LogP contribution in [-0.4, -0.2) is 15.0 Å². The van der Waals surface area contributed by atoms with Gasteiger partial charge in [-0.3, -0.25) is 9.35 Å². The minimum Gasteiger partial charge on any atom is -1.00 e. The molecular formula is C7H7NaO4S. The van der Waals surface area contributed by atoms with E-state index in [9.17, 15) is 9.00 Å². The van der Waals surface area contributed by atoms with Crippen LogP contribution in [0.4, 0.5) is 0 Å². The Labute approximate surface area is 102 Å². The zero-order chi connectivity index (χ0) is 8.97. The molecule has 0 amide bonds. The summed E-state index contributed by atoms with van der Waals surface area (Å²) in [4.78, 5) is 10.3. The first-order valence-electron chi connectivity index (χ1n) is 3.07. The quantitative estimate of drug-likeness (QED) is 0.361. The minimum atomic E-state index is -2.39. The Bertz CT molecular complexity index is 320. The van der Waals surface area contributed by atoms with Crippen LogP contribution in [0.2, 0.25) is 0 Å². The fraction of sp³-hybridized carbons (Fsp3) is 0. The van der Waals surface area contributed by atoms with Gasteiger partial charge in [-0.05, 0) is 12.1 Å². The molecule has 0 aliphatic carbocycles. The molecule has 0 aliphatic rings. The van der Waals surface area contributed by atoms with E-state index >= 15 is 0 Å². The van der Waals surface area contributed by atoms with Gasteiger partial charge in [-0.25, -0.2) is 0 Å². The van der Waals surface area contributed by atoms with Gasteiger partial charge in [0.15, 0.2) is 12.0 Å². The molecule has 1 N–H and O–H groups in total. The molecule has 0 saturated heterocycles. The van der Waals surface area contributed by atoms with Gasteiger partial charge >= 0.3 is 40.9 Å². The van der Waals surface area contributed by atoms with Crippen LogP contribution in [0.3, 0.4) is 0 Å². The summed E-state index contributed by atoms with van der Waals surface area (Å²) < 4.78 is 23.0. The number of aldehydes is 1. The topological polar surface area (TPSA) is 63.6 Å². The average molecular weight is 210 g/mol. The number of hydrogen-bond acceptors (Lipinski definition) is 3. The van der Waals surface area contributed by atoms with Crippen molar-refractivity contribution >= 4 is 17.6 Å². The van der Waals surface area contributed by atoms with Crippen LogP contribution in [-0.2, 0) is 11.4 Å². The Hall–Kier alpha value is -0.200. The van der Waals surface area contributed by atoms with Gasteiger partial charge in [0.1, 0.15) is 0 Å².